The topological polar surface area (TPSA) is 58.2 Å². The normalized spacial score (nSPS) is 12.1. The highest BCUT2D eigenvalue weighted by atomic mass is 32.1. The highest BCUT2D eigenvalue weighted by molar-refractivity contribution is 7.80. The minimum atomic E-state index is -0.566. The van der Waals surface area contributed by atoms with Crippen LogP contribution in [0.2, 0.25) is 0 Å². The summed E-state index contributed by atoms with van der Waals surface area (Å²) < 4.78 is 0. The Balaban J connectivity index is 2.65. The van der Waals surface area contributed by atoms with E-state index in [0.29, 0.717) is 18.0 Å². The van der Waals surface area contributed by atoms with Crippen LogP contribution in [0.1, 0.15) is 36.7 Å². The lowest BCUT2D eigenvalue weighted by atomic mass is 10.1. The zero-order chi connectivity index (χ0) is 15.3. The summed E-state index contributed by atoms with van der Waals surface area (Å²) in [6, 6.07) is 4.80. The van der Waals surface area contributed by atoms with Crippen LogP contribution in [0.3, 0.4) is 0 Å². The second-order valence-electron chi connectivity index (χ2n) is 5.33. The molecular weight excluding hydrogens is 272 g/mol. The van der Waals surface area contributed by atoms with Gasteiger partial charge in [0.2, 0.25) is 5.91 Å². The number of amides is 2. The van der Waals surface area contributed by atoms with E-state index >= 15 is 0 Å². The quantitative estimate of drug-likeness (QED) is 0.729. The maximum atomic E-state index is 12.1. The van der Waals surface area contributed by atoms with E-state index in [4.69, 9.17) is 0 Å². The van der Waals surface area contributed by atoms with E-state index in [9.17, 15) is 9.59 Å². The number of thiol groups is 1. The molecule has 0 heterocycles. The fraction of sp³-hybridized carbons (Fsp3) is 0.467. The molecule has 5 heteroatoms. The molecule has 110 valence electrons. The van der Waals surface area contributed by atoms with Crippen LogP contribution in [0.15, 0.2) is 23.1 Å². The highest BCUT2D eigenvalue weighted by Gasteiger charge is 2.17. The van der Waals surface area contributed by atoms with Gasteiger partial charge in [-0.05, 0) is 37.5 Å². The van der Waals surface area contributed by atoms with Crippen molar-refractivity contribution in [2.45, 2.75) is 38.6 Å². The predicted molar refractivity (Wildman–Crippen MR) is 83.2 cm³/mol. The predicted octanol–water partition coefficient (Wildman–Crippen LogP) is 2.17. The summed E-state index contributed by atoms with van der Waals surface area (Å²) in [5, 5.41) is 5.50. The summed E-state index contributed by atoms with van der Waals surface area (Å²) in [7, 11) is 0. The summed E-state index contributed by atoms with van der Waals surface area (Å²) in [5.74, 6) is -0.0534. The van der Waals surface area contributed by atoms with Gasteiger partial charge in [-0.2, -0.15) is 0 Å². The van der Waals surface area contributed by atoms with Crippen LogP contribution in [-0.2, 0) is 4.79 Å². The minimum absolute atomic E-state index is 0.174. The average molecular weight is 294 g/mol. The summed E-state index contributed by atoms with van der Waals surface area (Å²) >= 11 is 4.22. The van der Waals surface area contributed by atoms with E-state index < -0.39 is 6.04 Å². The lowest BCUT2D eigenvalue weighted by Gasteiger charge is -2.16. The van der Waals surface area contributed by atoms with Crippen molar-refractivity contribution in [1.29, 1.82) is 0 Å². The third-order valence-electron chi connectivity index (χ3n) is 2.89. The van der Waals surface area contributed by atoms with Crippen molar-refractivity contribution in [2.24, 2.45) is 5.92 Å². The van der Waals surface area contributed by atoms with Gasteiger partial charge in [-0.15, -0.1) is 12.6 Å². The fourth-order valence-corrected chi connectivity index (χ4v) is 1.86. The fourth-order valence-electron chi connectivity index (χ4n) is 1.65. The van der Waals surface area contributed by atoms with Crippen LogP contribution in [0.25, 0.3) is 0 Å². The standard InChI is InChI=1S/C15H22N2O2S/c1-9(2)8-16-14(18)11(4)17-15(19)13-7-12(20)6-5-10(13)3/h5-7,9,11,20H,8H2,1-4H3,(H,16,18)(H,17,19). The molecule has 2 amide bonds. The van der Waals surface area contributed by atoms with Gasteiger partial charge in [0.1, 0.15) is 6.04 Å². The first kappa shape index (κ1) is 16.6. The molecule has 1 atom stereocenters. The van der Waals surface area contributed by atoms with Crippen LogP contribution in [0.5, 0.6) is 0 Å². The Bertz CT molecular complexity index is 501. The molecular formula is C15H22N2O2S. The van der Waals surface area contributed by atoms with Gasteiger partial charge in [0, 0.05) is 17.0 Å². The minimum Gasteiger partial charge on any atom is -0.354 e. The van der Waals surface area contributed by atoms with E-state index in [1.165, 1.54) is 0 Å². The van der Waals surface area contributed by atoms with E-state index in [-0.39, 0.29) is 11.8 Å². The Morgan fingerprint density at radius 3 is 2.50 bits per heavy atom. The van der Waals surface area contributed by atoms with E-state index in [1.54, 1.807) is 13.0 Å². The lowest BCUT2D eigenvalue weighted by molar-refractivity contribution is -0.122. The first-order chi connectivity index (χ1) is 9.31. The van der Waals surface area contributed by atoms with Gasteiger partial charge < -0.3 is 10.6 Å². The van der Waals surface area contributed by atoms with Crippen LogP contribution in [-0.4, -0.2) is 24.4 Å². The molecule has 1 rings (SSSR count). The Morgan fingerprint density at radius 1 is 1.25 bits per heavy atom. The maximum Gasteiger partial charge on any atom is 0.252 e. The van der Waals surface area contributed by atoms with Crippen LogP contribution < -0.4 is 10.6 Å². The highest BCUT2D eigenvalue weighted by Crippen LogP contribution is 2.14. The number of hydrogen-bond donors (Lipinski definition) is 3. The van der Waals surface area contributed by atoms with Crippen LogP contribution in [0, 0.1) is 12.8 Å². The van der Waals surface area contributed by atoms with Crippen LogP contribution in [0.4, 0.5) is 0 Å². The van der Waals surface area contributed by atoms with Gasteiger partial charge >= 0.3 is 0 Å². The molecule has 1 aromatic rings. The molecule has 20 heavy (non-hydrogen) atoms. The zero-order valence-corrected chi connectivity index (χ0v) is 13.3. The number of benzene rings is 1. The maximum absolute atomic E-state index is 12.1. The SMILES string of the molecule is Cc1ccc(S)cc1C(=O)NC(C)C(=O)NCC(C)C. The van der Waals surface area contributed by atoms with Crippen molar-refractivity contribution >= 4 is 24.4 Å². The number of aryl methyl sites for hydroxylation is 1. The molecule has 0 bridgehead atoms. The molecule has 2 N–H and O–H groups in total. The van der Waals surface area contributed by atoms with Crippen molar-refractivity contribution in [2.75, 3.05) is 6.54 Å². The molecule has 0 aliphatic heterocycles. The molecule has 4 nitrogen and oxygen atoms in total. The van der Waals surface area contributed by atoms with Crippen LogP contribution >= 0.6 is 12.6 Å². The smallest absolute Gasteiger partial charge is 0.252 e. The van der Waals surface area contributed by atoms with Crippen molar-refractivity contribution in [3.63, 3.8) is 0 Å². The van der Waals surface area contributed by atoms with Crippen molar-refractivity contribution in [3.05, 3.63) is 29.3 Å². The first-order valence-electron chi connectivity index (χ1n) is 6.69. The van der Waals surface area contributed by atoms with Crippen molar-refractivity contribution in [3.8, 4) is 0 Å². The summed E-state index contributed by atoms with van der Waals surface area (Å²) in [6.45, 7) is 8.17. The number of rotatable bonds is 5. The largest absolute Gasteiger partial charge is 0.354 e. The van der Waals surface area contributed by atoms with Gasteiger partial charge in [0.15, 0.2) is 0 Å². The molecule has 0 aliphatic rings. The molecule has 0 spiro atoms. The third-order valence-corrected chi connectivity index (χ3v) is 3.17. The summed E-state index contributed by atoms with van der Waals surface area (Å²) in [4.78, 5) is 24.7. The number of carbonyl (C=O) groups is 2. The monoisotopic (exact) mass is 294 g/mol. The van der Waals surface area contributed by atoms with Gasteiger partial charge in [-0.25, -0.2) is 0 Å². The zero-order valence-electron chi connectivity index (χ0n) is 12.4. The Morgan fingerprint density at radius 2 is 1.90 bits per heavy atom. The first-order valence-corrected chi connectivity index (χ1v) is 7.14. The van der Waals surface area contributed by atoms with Gasteiger partial charge in [-0.3, -0.25) is 9.59 Å². The summed E-state index contributed by atoms with van der Waals surface area (Å²) in [6.07, 6.45) is 0. The second kappa shape index (κ2) is 7.33. The number of hydrogen-bond acceptors (Lipinski definition) is 3. The lowest BCUT2D eigenvalue weighted by Crippen LogP contribution is -2.45. The van der Waals surface area contributed by atoms with Gasteiger partial charge in [-0.1, -0.05) is 19.9 Å². The average Bonchev–Trinajstić information content (AvgIpc) is 2.38. The molecule has 0 aromatic heterocycles. The molecule has 0 fully saturated rings. The second-order valence-corrected chi connectivity index (χ2v) is 5.85. The van der Waals surface area contributed by atoms with E-state index in [1.807, 2.05) is 32.9 Å². The van der Waals surface area contributed by atoms with Gasteiger partial charge in [0.05, 0.1) is 0 Å². The van der Waals surface area contributed by atoms with E-state index in [2.05, 4.69) is 23.3 Å². The number of carbonyl (C=O) groups excluding carboxylic acids is 2. The number of nitrogens with one attached hydrogen (secondary N) is 2. The van der Waals surface area contributed by atoms with Crippen molar-refractivity contribution < 1.29 is 9.59 Å². The molecule has 0 aliphatic carbocycles. The molecule has 0 saturated heterocycles. The van der Waals surface area contributed by atoms with Crippen molar-refractivity contribution in [1.82, 2.24) is 10.6 Å². The van der Waals surface area contributed by atoms with Gasteiger partial charge in [0.25, 0.3) is 5.91 Å². The molecule has 1 aromatic carbocycles. The summed E-state index contributed by atoms with van der Waals surface area (Å²) in [5.41, 5.74) is 1.40. The Hall–Kier alpha value is -1.49. The third kappa shape index (κ3) is 4.89. The molecule has 0 radical (unpaired) electrons. The Kier molecular flexibility index (Phi) is 6.07. The Labute approximate surface area is 125 Å². The molecule has 0 saturated carbocycles. The van der Waals surface area contributed by atoms with E-state index in [0.717, 1.165) is 10.5 Å². The molecule has 1 unspecified atom stereocenters.